The number of hydrogen-bond donors (Lipinski definition) is 0. The summed E-state index contributed by atoms with van der Waals surface area (Å²) in [5, 5.41) is 0. The van der Waals surface area contributed by atoms with Gasteiger partial charge in [0.25, 0.3) is 0 Å². The summed E-state index contributed by atoms with van der Waals surface area (Å²) in [6.07, 6.45) is 17.3. The average molecular weight is 513 g/mol. The molecule has 4 rings (SSSR count). The lowest BCUT2D eigenvalue weighted by molar-refractivity contribution is 0.754. The number of para-hydroxylation sites is 1. The molecule has 0 bridgehead atoms. The molecule has 1 atom stereocenters. The Labute approximate surface area is 235 Å². The second-order valence-electron chi connectivity index (χ2n) is 8.69. The van der Waals surface area contributed by atoms with E-state index in [0.29, 0.717) is 0 Å². The molecule has 3 aromatic rings. The second-order valence-corrected chi connectivity index (χ2v) is 8.69. The molecule has 1 aliphatic rings. The molecular formula is C37H40N2. The highest BCUT2D eigenvalue weighted by Gasteiger charge is 2.23. The third kappa shape index (κ3) is 7.06. The molecule has 39 heavy (non-hydrogen) atoms. The largest absolute Gasteiger partial charge is 0.334 e. The van der Waals surface area contributed by atoms with Crippen molar-refractivity contribution in [2.75, 3.05) is 9.80 Å². The summed E-state index contributed by atoms with van der Waals surface area (Å²) in [5.74, 6) is 0. The van der Waals surface area contributed by atoms with Crippen molar-refractivity contribution >= 4 is 11.4 Å². The highest BCUT2D eigenvalue weighted by molar-refractivity contribution is 5.69. The van der Waals surface area contributed by atoms with Gasteiger partial charge in [-0.05, 0) is 73.0 Å². The first-order valence-corrected chi connectivity index (χ1v) is 13.6. The molecule has 0 aliphatic heterocycles. The maximum atomic E-state index is 4.09. The first-order valence-electron chi connectivity index (χ1n) is 13.6. The van der Waals surface area contributed by atoms with Crippen LogP contribution in [0.15, 0.2) is 170 Å². The van der Waals surface area contributed by atoms with Gasteiger partial charge in [0.1, 0.15) is 0 Å². The molecule has 0 radical (unpaired) electrons. The fourth-order valence-corrected chi connectivity index (χ4v) is 4.66. The van der Waals surface area contributed by atoms with E-state index in [-0.39, 0.29) is 6.04 Å². The molecule has 198 valence electrons. The summed E-state index contributed by atoms with van der Waals surface area (Å²) >= 11 is 0. The van der Waals surface area contributed by atoms with Gasteiger partial charge in [-0.1, -0.05) is 119 Å². The van der Waals surface area contributed by atoms with Gasteiger partial charge in [0.05, 0.1) is 6.04 Å². The van der Waals surface area contributed by atoms with Crippen LogP contribution in [0.3, 0.4) is 0 Å². The second kappa shape index (κ2) is 15.0. The van der Waals surface area contributed by atoms with Crippen molar-refractivity contribution in [1.82, 2.24) is 0 Å². The number of benzene rings is 3. The van der Waals surface area contributed by atoms with Crippen LogP contribution in [0.5, 0.6) is 0 Å². The molecule has 1 unspecified atom stereocenters. The molecule has 3 aromatic carbocycles. The van der Waals surface area contributed by atoms with E-state index in [1.54, 1.807) is 0 Å². The van der Waals surface area contributed by atoms with Crippen molar-refractivity contribution in [3.63, 3.8) is 0 Å². The van der Waals surface area contributed by atoms with Crippen molar-refractivity contribution in [2.45, 2.75) is 33.2 Å². The summed E-state index contributed by atoms with van der Waals surface area (Å²) in [6.45, 7) is 18.1. The summed E-state index contributed by atoms with van der Waals surface area (Å²) in [4.78, 5) is 4.57. The monoisotopic (exact) mass is 512 g/mol. The lowest BCUT2D eigenvalue weighted by Crippen LogP contribution is -2.34. The van der Waals surface area contributed by atoms with Crippen LogP contribution >= 0.6 is 0 Å². The summed E-state index contributed by atoms with van der Waals surface area (Å²) in [6, 6.07) is 29.7. The lowest BCUT2D eigenvalue weighted by atomic mass is 10.0. The van der Waals surface area contributed by atoms with E-state index in [0.717, 1.165) is 34.9 Å². The highest BCUT2D eigenvalue weighted by Crippen LogP contribution is 2.33. The minimum atomic E-state index is 0.130. The van der Waals surface area contributed by atoms with Crippen LogP contribution in [-0.4, -0.2) is 6.04 Å². The van der Waals surface area contributed by atoms with Gasteiger partial charge in [-0.25, -0.2) is 0 Å². The molecule has 0 aromatic heterocycles. The Morgan fingerprint density at radius 3 is 1.85 bits per heavy atom. The Morgan fingerprint density at radius 2 is 1.33 bits per heavy atom. The van der Waals surface area contributed by atoms with Crippen LogP contribution < -0.4 is 9.80 Å². The zero-order valence-corrected chi connectivity index (χ0v) is 23.5. The Balaban J connectivity index is 0.00000205. The van der Waals surface area contributed by atoms with Gasteiger partial charge >= 0.3 is 0 Å². The summed E-state index contributed by atoms with van der Waals surface area (Å²) in [7, 11) is 0. The zero-order chi connectivity index (χ0) is 28.0. The summed E-state index contributed by atoms with van der Waals surface area (Å²) in [5.41, 5.74) is 7.81. The number of hydrogen-bond acceptors (Lipinski definition) is 2. The van der Waals surface area contributed by atoms with Crippen LogP contribution in [0, 0.1) is 0 Å². The molecular weight excluding hydrogens is 472 g/mol. The fraction of sp³-hybridized carbons (Fsp3) is 0.135. The number of allylic oxidation sites excluding steroid dienone is 6. The van der Waals surface area contributed by atoms with Gasteiger partial charge in [-0.2, -0.15) is 0 Å². The van der Waals surface area contributed by atoms with E-state index in [9.17, 15) is 0 Å². The van der Waals surface area contributed by atoms with E-state index in [1.165, 1.54) is 11.1 Å². The maximum absolute atomic E-state index is 4.09. The molecule has 0 N–H and O–H groups in total. The molecule has 1 aliphatic carbocycles. The van der Waals surface area contributed by atoms with Gasteiger partial charge < -0.3 is 9.80 Å². The third-order valence-electron chi connectivity index (χ3n) is 6.45. The Hall–Kier alpha value is -4.56. The van der Waals surface area contributed by atoms with Gasteiger partial charge in [0, 0.05) is 28.5 Å². The smallest absolute Gasteiger partial charge is 0.0561 e. The van der Waals surface area contributed by atoms with E-state index in [2.05, 4.69) is 127 Å². The third-order valence-corrected chi connectivity index (χ3v) is 6.45. The Morgan fingerprint density at radius 1 is 0.744 bits per heavy atom. The quantitative estimate of drug-likeness (QED) is 0.249. The Kier molecular flexibility index (Phi) is 11.2. The van der Waals surface area contributed by atoms with E-state index < -0.39 is 0 Å². The van der Waals surface area contributed by atoms with Crippen molar-refractivity contribution < 1.29 is 0 Å². The summed E-state index contributed by atoms with van der Waals surface area (Å²) < 4.78 is 0. The maximum Gasteiger partial charge on any atom is 0.0561 e. The molecule has 0 saturated heterocycles. The van der Waals surface area contributed by atoms with Crippen molar-refractivity contribution in [3.8, 4) is 11.1 Å². The standard InChI is InChI=1S/C35H34N2.C2H6/c1-5-15-31(8-4)37(33-22-20-29(21-23-33)28-16-11-9-12-17-28)35-26-24-34(25-27-35)36(30(6-2)7-3)32-18-13-10-14-19-32;1-2/h5-26,35H,1-2,4,27H2,3H3;1-2H3/b30-7+,31-15+;. The van der Waals surface area contributed by atoms with E-state index in [4.69, 9.17) is 0 Å². The van der Waals surface area contributed by atoms with Gasteiger partial charge in [-0.15, -0.1) is 0 Å². The Bertz CT molecular complexity index is 1340. The van der Waals surface area contributed by atoms with Crippen molar-refractivity contribution in [2.24, 2.45) is 0 Å². The topological polar surface area (TPSA) is 6.48 Å². The molecule has 2 heteroatoms. The molecule has 2 nitrogen and oxygen atoms in total. The predicted molar refractivity (Wildman–Crippen MR) is 173 cm³/mol. The van der Waals surface area contributed by atoms with Crippen LogP contribution in [0.4, 0.5) is 11.4 Å². The van der Waals surface area contributed by atoms with Crippen LogP contribution in [0.1, 0.15) is 27.2 Å². The molecule has 0 amide bonds. The number of rotatable bonds is 10. The van der Waals surface area contributed by atoms with Crippen molar-refractivity contribution in [1.29, 1.82) is 0 Å². The highest BCUT2D eigenvalue weighted by atomic mass is 15.2. The zero-order valence-electron chi connectivity index (χ0n) is 23.5. The molecule has 0 fully saturated rings. The number of nitrogens with zero attached hydrogens (tertiary/aromatic N) is 2. The van der Waals surface area contributed by atoms with Crippen LogP contribution in [0.2, 0.25) is 0 Å². The lowest BCUT2D eigenvalue weighted by Gasteiger charge is -2.36. The molecule has 0 spiro atoms. The van der Waals surface area contributed by atoms with Crippen LogP contribution in [-0.2, 0) is 0 Å². The van der Waals surface area contributed by atoms with Gasteiger partial charge in [0.2, 0.25) is 0 Å². The number of anilines is 2. The molecule has 0 heterocycles. The predicted octanol–water partition coefficient (Wildman–Crippen LogP) is 10.3. The SMILES string of the molecule is C=C/C=C(\C=C)N(c1ccc(-c2ccccc2)cc1)C1C=CC(N(/C(C=C)=C/C)c2ccccc2)=CC1.CC. The average Bonchev–Trinajstić information content (AvgIpc) is 3.02. The van der Waals surface area contributed by atoms with E-state index in [1.807, 2.05) is 57.2 Å². The first kappa shape index (κ1) is 29.0. The normalized spacial score (nSPS) is 14.8. The fourth-order valence-electron chi connectivity index (χ4n) is 4.66. The minimum absolute atomic E-state index is 0.130. The molecule has 0 saturated carbocycles. The van der Waals surface area contributed by atoms with Gasteiger partial charge in [-0.3, -0.25) is 0 Å². The van der Waals surface area contributed by atoms with E-state index >= 15 is 0 Å². The minimum Gasteiger partial charge on any atom is -0.334 e. The van der Waals surface area contributed by atoms with Gasteiger partial charge in [0.15, 0.2) is 0 Å². The van der Waals surface area contributed by atoms with Crippen molar-refractivity contribution in [3.05, 3.63) is 170 Å². The first-order chi connectivity index (χ1) is 19.2. The van der Waals surface area contributed by atoms with Crippen LogP contribution in [0.25, 0.3) is 11.1 Å².